The van der Waals surface area contributed by atoms with Gasteiger partial charge in [-0.05, 0) is 30.2 Å². The van der Waals surface area contributed by atoms with Crippen LogP contribution in [0.1, 0.15) is 24.5 Å². The van der Waals surface area contributed by atoms with Gasteiger partial charge in [-0.1, -0.05) is 42.5 Å². The average Bonchev–Trinajstić information content (AvgIpc) is 2.69. The average molecular weight is 278 g/mol. The molecule has 21 heavy (non-hydrogen) atoms. The molecule has 106 valence electrons. The molecule has 0 radical (unpaired) electrons. The normalized spacial score (nSPS) is 14.7. The van der Waals surface area contributed by atoms with Crippen LogP contribution in [0.2, 0.25) is 0 Å². The molecule has 0 aliphatic carbocycles. The van der Waals surface area contributed by atoms with Crippen LogP contribution in [0.5, 0.6) is 0 Å². The first-order chi connectivity index (χ1) is 10.2. The predicted molar refractivity (Wildman–Crippen MR) is 88.2 cm³/mol. The molecule has 0 spiro atoms. The van der Waals surface area contributed by atoms with Gasteiger partial charge in [0, 0.05) is 18.5 Å². The third-order valence-corrected chi connectivity index (χ3v) is 3.63. The Balaban J connectivity index is 2.00. The Morgan fingerprint density at radius 1 is 1.10 bits per heavy atom. The number of hydrogen-bond acceptors (Lipinski definition) is 2. The lowest BCUT2D eigenvalue weighted by Crippen LogP contribution is -2.10. The number of carbonyl (C=O) groups excluding carboxylic acids is 1. The molecule has 0 unspecified atom stereocenters. The van der Waals surface area contributed by atoms with Crippen LogP contribution in [0.3, 0.4) is 0 Å². The van der Waals surface area contributed by atoms with Gasteiger partial charge in [-0.25, -0.2) is 0 Å². The molecule has 0 bridgehead atoms. The van der Waals surface area contributed by atoms with Gasteiger partial charge in [0.1, 0.15) is 0 Å². The summed E-state index contributed by atoms with van der Waals surface area (Å²) in [5, 5.41) is 6.30. The molecule has 2 aromatic carbocycles. The zero-order valence-corrected chi connectivity index (χ0v) is 12.0. The van der Waals surface area contributed by atoms with E-state index in [0.717, 1.165) is 16.9 Å². The van der Waals surface area contributed by atoms with E-state index < -0.39 is 0 Å². The van der Waals surface area contributed by atoms with Gasteiger partial charge in [0.15, 0.2) is 0 Å². The zero-order chi connectivity index (χ0) is 14.7. The summed E-state index contributed by atoms with van der Waals surface area (Å²) in [5.74, 6) is 0.0576. The smallest absolute Gasteiger partial charge is 0.226 e. The van der Waals surface area contributed by atoms with Crippen LogP contribution in [-0.4, -0.2) is 12.5 Å². The van der Waals surface area contributed by atoms with Crippen LogP contribution >= 0.6 is 0 Å². The van der Waals surface area contributed by atoms with E-state index in [0.29, 0.717) is 13.0 Å². The zero-order valence-electron chi connectivity index (χ0n) is 12.0. The minimum atomic E-state index is 0.0576. The van der Waals surface area contributed by atoms with Gasteiger partial charge in [-0.2, -0.15) is 0 Å². The van der Waals surface area contributed by atoms with Crippen molar-refractivity contribution in [3.8, 4) is 0 Å². The van der Waals surface area contributed by atoms with E-state index in [2.05, 4.69) is 41.8 Å². The van der Waals surface area contributed by atoms with Crippen molar-refractivity contribution in [3.63, 3.8) is 0 Å². The molecule has 0 saturated heterocycles. The Morgan fingerprint density at radius 2 is 1.90 bits per heavy atom. The van der Waals surface area contributed by atoms with Crippen molar-refractivity contribution >= 4 is 28.9 Å². The maximum absolute atomic E-state index is 11.6. The van der Waals surface area contributed by atoms with Crippen molar-refractivity contribution in [2.45, 2.75) is 13.3 Å². The fraction of sp³-hybridized carbons (Fsp3) is 0.167. The van der Waals surface area contributed by atoms with Crippen molar-refractivity contribution in [1.82, 2.24) is 0 Å². The van der Waals surface area contributed by atoms with Gasteiger partial charge in [0.2, 0.25) is 5.91 Å². The van der Waals surface area contributed by atoms with Gasteiger partial charge >= 0.3 is 0 Å². The van der Waals surface area contributed by atoms with Crippen molar-refractivity contribution in [2.24, 2.45) is 0 Å². The monoisotopic (exact) mass is 278 g/mol. The SMILES string of the molecule is C/C(=C/c1cccc2c1NCCC(=O)N2)c1ccccc1. The van der Waals surface area contributed by atoms with Crippen molar-refractivity contribution in [2.75, 3.05) is 17.2 Å². The lowest BCUT2D eigenvalue weighted by molar-refractivity contribution is -0.115. The maximum atomic E-state index is 11.6. The van der Waals surface area contributed by atoms with Gasteiger partial charge in [0.05, 0.1) is 11.4 Å². The molecule has 3 heteroatoms. The number of carbonyl (C=O) groups is 1. The number of rotatable bonds is 2. The molecular formula is C18H18N2O. The minimum absolute atomic E-state index is 0.0576. The highest BCUT2D eigenvalue weighted by Gasteiger charge is 2.14. The van der Waals surface area contributed by atoms with Gasteiger partial charge in [-0.15, -0.1) is 0 Å². The number of para-hydroxylation sites is 1. The molecule has 0 aromatic heterocycles. The number of fused-ring (bicyclic) bond motifs is 1. The number of allylic oxidation sites excluding steroid dienone is 1. The van der Waals surface area contributed by atoms with E-state index in [-0.39, 0.29) is 5.91 Å². The molecule has 0 saturated carbocycles. The second-order valence-corrected chi connectivity index (χ2v) is 5.19. The summed E-state index contributed by atoms with van der Waals surface area (Å²) in [6.45, 7) is 2.76. The van der Waals surface area contributed by atoms with Gasteiger partial charge in [0.25, 0.3) is 0 Å². The summed E-state index contributed by atoms with van der Waals surface area (Å²) < 4.78 is 0. The molecule has 0 fully saturated rings. The molecule has 0 atom stereocenters. The molecule has 1 amide bonds. The molecular weight excluding hydrogens is 260 g/mol. The molecule has 3 rings (SSSR count). The van der Waals surface area contributed by atoms with E-state index >= 15 is 0 Å². The Kier molecular flexibility index (Phi) is 3.73. The summed E-state index contributed by atoms with van der Waals surface area (Å²) in [7, 11) is 0. The molecule has 2 N–H and O–H groups in total. The first-order valence-corrected chi connectivity index (χ1v) is 7.14. The first kappa shape index (κ1) is 13.4. The van der Waals surface area contributed by atoms with Crippen molar-refractivity contribution in [1.29, 1.82) is 0 Å². The quantitative estimate of drug-likeness (QED) is 0.815. The topological polar surface area (TPSA) is 41.1 Å². The second kappa shape index (κ2) is 5.83. The number of nitrogens with one attached hydrogen (secondary N) is 2. The fourth-order valence-corrected chi connectivity index (χ4v) is 2.52. The van der Waals surface area contributed by atoms with Crippen LogP contribution in [0, 0.1) is 0 Å². The maximum Gasteiger partial charge on any atom is 0.226 e. The van der Waals surface area contributed by atoms with E-state index in [1.54, 1.807) is 0 Å². The van der Waals surface area contributed by atoms with E-state index in [9.17, 15) is 4.79 Å². The number of anilines is 2. The highest BCUT2D eigenvalue weighted by molar-refractivity contribution is 5.98. The lowest BCUT2D eigenvalue weighted by atomic mass is 10.0. The van der Waals surface area contributed by atoms with Gasteiger partial charge in [-0.3, -0.25) is 4.79 Å². The van der Waals surface area contributed by atoms with Crippen LogP contribution in [0.15, 0.2) is 48.5 Å². The van der Waals surface area contributed by atoms with Crippen LogP contribution < -0.4 is 10.6 Å². The standard InChI is InChI=1S/C18H18N2O/c1-13(14-6-3-2-4-7-14)12-15-8-5-9-16-18(15)19-11-10-17(21)20-16/h2-9,12,19H,10-11H2,1H3,(H,20,21)/b13-12-. The van der Waals surface area contributed by atoms with Crippen LogP contribution in [0.4, 0.5) is 11.4 Å². The Hall–Kier alpha value is -2.55. The number of hydrogen-bond donors (Lipinski definition) is 2. The fourth-order valence-electron chi connectivity index (χ4n) is 2.52. The molecule has 3 nitrogen and oxygen atoms in total. The molecule has 2 aromatic rings. The first-order valence-electron chi connectivity index (χ1n) is 7.14. The van der Waals surface area contributed by atoms with Crippen molar-refractivity contribution in [3.05, 3.63) is 59.7 Å². The summed E-state index contributed by atoms with van der Waals surface area (Å²) in [5.41, 5.74) is 5.34. The summed E-state index contributed by atoms with van der Waals surface area (Å²) in [4.78, 5) is 11.6. The minimum Gasteiger partial charge on any atom is -0.382 e. The van der Waals surface area contributed by atoms with Gasteiger partial charge < -0.3 is 10.6 Å². The number of amides is 1. The molecule has 1 heterocycles. The Labute approximate surface area is 124 Å². The Bertz CT molecular complexity index is 690. The molecule has 1 aliphatic rings. The lowest BCUT2D eigenvalue weighted by Gasteiger charge is -2.12. The van der Waals surface area contributed by atoms with Crippen molar-refractivity contribution < 1.29 is 4.79 Å². The van der Waals surface area contributed by atoms with E-state index in [4.69, 9.17) is 0 Å². The second-order valence-electron chi connectivity index (χ2n) is 5.19. The largest absolute Gasteiger partial charge is 0.382 e. The van der Waals surface area contributed by atoms with E-state index in [1.165, 1.54) is 11.1 Å². The van der Waals surface area contributed by atoms with Crippen LogP contribution in [0.25, 0.3) is 11.6 Å². The number of benzene rings is 2. The highest BCUT2D eigenvalue weighted by Crippen LogP contribution is 2.31. The predicted octanol–water partition coefficient (Wildman–Crippen LogP) is 4.00. The third-order valence-electron chi connectivity index (χ3n) is 3.63. The highest BCUT2D eigenvalue weighted by atomic mass is 16.1. The summed E-state index contributed by atoms with van der Waals surface area (Å²) in [6, 6.07) is 16.3. The van der Waals surface area contributed by atoms with E-state index in [1.807, 2.05) is 30.3 Å². The third kappa shape index (κ3) is 2.97. The summed E-state index contributed by atoms with van der Waals surface area (Å²) in [6.07, 6.45) is 2.65. The molecule has 1 aliphatic heterocycles. The Morgan fingerprint density at radius 3 is 2.71 bits per heavy atom. The van der Waals surface area contributed by atoms with Crippen LogP contribution in [-0.2, 0) is 4.79 Å². The summed E-state index contributed by atoms with van der Waals surface area (Å²) >= 11 is 0.